The fraction of sp³-hybridized carbons (Fsp3) is 0.755. The predicted octanol–water partition coefficient (Wildman–Crippen LogP) is 15.4. The van der Waals surface area contributed by atoms with E-state index in [1.807, 2.05) is 0 Å². The van der Waals surface area contributed by atoms with Crippen LogP contribution in [0.2, 0.25) is 0 Å². The number of hydrogen-bond donors (Lipinski definition) is 0. The molecule has 322 valence electrons. The van der Waals surface area contributed by atoms with Crippen molar-refractivity contribution in [1.29, 1.82) is 0 Å². The van der Waals surface area contributed by atoms with Crippen LogP contribution >= 0.6 is 0 Å². The van der Waals surface area contributed by atoms with E-state index in [1.165, 1.54) is 128 Å². The Kier molecular flexibility index (Phi) is 32.1. The lowest BCUT2D eigenvalue weighted by atomic mass is 10.0. The molecule has 0 heterocycles. The van der Waals surface area contributed by atoms with Gasteiger partial charge in [0.05, 0.1) is 37.8 Å². The number of ether oxygens (including phenoxy) is 1. The van der Waals surface area contributed by atoms with E-state index in [4.69, 9.17) is 24.1 Å². The number of hydrogen-bond acceptors (Lipinski definition) is 7. The van der Waals surface area contributed by atoms with E-state index >= 15 is 0 Å². The molecule has 56 heavy (non-hydrogen) atoms. The first-order valence-electron chi connectivity index (χ1n) is 23.6. The van der Waals surface area contributed by atoms with Crippen molar-refractivity contribution in [2.24, 2.45) is 0 Å². The third-order valence-electron chi connectivity index (χ3n) is 10.4. The van der Waals surface area contributed by atoms with Crippen LogP contribution < -0.4 is 10.5 Å². The van der Waals surface area contributed by atoms with Crippen LogP contribution in [0, 0.1) is 0 Å². The second-order valence-corrected chi connectivity index (χ2v) is 15.7. The van der Waals surface area contributed by atoms with Crippen molar-refractivity contribution in [3.05, 3.63) is 59.7 Å². The highest BCUT2D eigenvalue weighted by Gasteiger charge is 2.18. The summed E-state index contributed by atoms with van der Waals surface area (Å²) in [4.78, 5) is 25.0. The van der Waals surface area contributed by atoms with Crippen LogP contribution in [-0.4, -0.2) is 33.0 Å². The van der Waals surface area contributed by atoms with Gasteiger partial charge in [0, 0.05) is 6.61 Å². The molecule has 0 bridgehead atoms. The van der Waals surface area contributed by atoms with Crippen LogP contribution in [0.25, 0.3) is 0 Å². The Morgan fingerprint density at radius 1 is 0.321 bits per heavy atom. The highest BCUT2D eigenvalue weighted by atomic mass is 17.0. The number of anilines is 2. The van der Waals surface area contributed by atoms with Crippen LogP contribution in [0.5, 0.6) is 0 Å². The van der Waals surface area contributed by atoms with Gasteiger partial charge in [0.25, 0.3) is 0 Å². The third-order valence-corrected chi connectivity index (χ3v) is 10.4. The van der Waals surface area contributed by atoms with Gasteiger partial charge < -0.3 is 4.74 Å². The Labute approximate surface area is 345 Å². The van der Waals surface area contributed by atoms with Crippen molar-refractivity contribution in [2.75, 3.05) is 43.5 Å². The molecule has 0 unspecified atom stereocenters. The molecule has 0 fully saturated rings. The van der Waals surface area contributed by atoms with Crippen LogP contribution in [0.1, 0.15) is 219 Å². The molecule has 0 radical (unpaired) electrons. The molecule has 0 N–H and O–H groups in total. The van der Waals surface area contributed by atoms with Crippen molar-refractivity contribution < 1.29 is 24.1 Å². The third kappa shape index (κ3) is 23.9. The average molecular weight is 783 g/mol. The summed E-state index contributed by atoms with van der Waals surface area (Å²) >= 11 is 0. The summed E-state index contributed by atoms with van der Waals surface area (Å²) in [6, 6.07) is 17.1. The number of unbranched alkanes of at least 4 members (excludes halogenated alkanes) is 21. The first kappa shape index (κ1) is 50.0. The van der Waals surface area contributed by atoms with Crippen molar-refractivity contribution >= 4 is 11.4 Å². The topological polar surface area (TPSA) is 52.6 Å². The fourth-order valence-corrected chi connectivity index (χ4v) is 6.76. The summed E-state index contributed by atoms with van der Waals surface area (Å²) in [7, 11) is 0. The molecule has 0 aliphatic carbocycles. The molecule has 2 aromatic rings. The Morgan fingerprint density at radius 3 is 0.875 bits per heavy atom. The maximum atomic E-state index is 6.58. The van der Waals surface area contributed by atoms with E-state index in [0.29, 0.717) is 33.0 Å². The van der Waals surface area contributed by atoms with E-state index in [1.54, 1.807) is 10.5 Å². The Balaban J connectivity index is 2.14. The van der Waals surface area contributed by atoms with E-state index in [-0.39, 0.29) is 6.10 Å². The SMILES string of the molecule is CCCCCCCCON(OCCCCCCCC)c1ccc(C(OCCCC)c2ccc(N(OCCCCCCCC)OCCCCCCCC)cc2)cc1. The molecular formula is C49H86N2O5. The second-order valence-electron chi connectivity index (χ2n) is 15.7. The maximum Gasteiger partial charge on any atom is 0.108 e. The summed E-state index contributed by atoms with van der Waals surface area (Å²) in [6.07, 6.45) is 31.4. The highest BCUT2D eigenvalue weighted by molar-refractivity contribution is 5.48. The minimum Gasteiger partial charge on any atom is -0.369 e. The first-order valence-corrected chi connectivity index (χ1v) is 23.6. The number of nitrogens with zero attached hydrogens (tertiary/aromatic N) is 2. The lowest BCUT2D eigenvalue weighted by Gasteiger charge is -2.25. The molecule has 0 aliphatic heterocycles. The summed E-state index contributed by atoms with van der Waals surface area (Å²) in [5.74, 6) is 0. The Morgan fingerprint density at radius 2 is 0.589 bits per heavy atom. The van der Waals surface area contributed by atoms with Gasteiger partial charge in [-0.05, 0) is 67.5 Å². The zero-order valence-electron chi connectivity index (χ0n) is 37.1. The van der Waals surface area contributed by atoms with Crippen molar-refractivity contribution in [2.45, 2.75) is 208 Å². The van der Waals surface area contributed by atoms with Gasteiger partial charge in [-0.2, -0.15) is 0 Å². The zero-order valence-corrected chi connectivity index (χ0v) is 37.1. The highest BCUT2D eigenvalue weighted by Crippen LogP contribution is 2.31. The van der Waals surface area contributed by atoms with Gasteiger partial charge in [0.15, 0.2) is 0 Å². The minimum atomic E-state index is -0.187. The molecule has 2 aromatic carbocycles. The van der Waals surface area contributed by atoms with Crippen LogP contribution in [0.4, 0.5) is 11.4 Å². The Hall–Kier alpha value is -2.16. The molecule has 0 aromatic heterocycles. The standard InChI is InChI=1S/C49H86N2O5/c1-6-11-16-20-24-28-41-53-50(54-42-29-25-21-17-12-7-2)47-36-32-45(33-37-47)49(52-40-15-10-5)46-34-38-48(39-35-46)51(55-43-30-26-22-18-13-8-3)56-44-31-27-23-19-14-9-4/h32-39,49H,6-31,40-44H2,1-5H3. The molecule has 7 heteroatoms. The number of rotatable bonds is 40. The van der Waals surface area contributed by atoms with Gasteiger partial charge in [0.2, 0.25) is 0 Å². The zero-order chi connectivity index (χ0) is 40.2. The molecule has 0 saturated carbocycles. The average Bonchev–Trinajstić information content (AvgIpc) is 3.22. The monoisotopic (exact) mass is 783 g/mol. The predicted molar refractivity (Wildman–Crippen MR) is 238 cm³/mol. The van der Waals surface area contributed by atoms with Gasteiger partial charge in [0.1, 0.15) is 6.10 Å². The molecule has 0 saturated heterocycles. The minimum absolute atomic E-state index is 0.187. The first-order chi connectivity index (χ1) is 27.7. The van der Waals surface area contributed by atoms with Gasteiger partial charge in [-0.3, -0.25) is 0 Å². The molecule has 0 spiro atoms. The van der Waals surface area contributed by atoms with Crippen molar-refractivity contribution in [1.82, 2.24) is 0 Å². The maximum absolute atomic E-state index is 6.58. The normalized spacial score (nSPS) is 11.5. The fourth-order valence-electron chi connectivity index (χ4n) is 6.76. The summed E-state index contributed by atoms with van der Waals surface area (Å²) in [6.45, 7) is 14.6. The van der Waals surface area contributed by atoms with E-state index in [0.717, 1.165) is 61.0 Å². The molecule has 0 aliphatic rings. The number of benzene rings is 2. The van der Waals surface area contributed by atoms with E-state index < -0.39 is 0 Å². The summed E-state index contributed by atoms with van der Waals surface area (Å²) < 4.78 is 6.58. The molecule has 2 rings (SSSR count). The van der Waals surface area contributed by atoms with Gasteiger partial charge in [-0.15, -0.1) is 10.5 Å². The smallest absolute Gasteiger partial charge is 0.108 e. The van der Waals surface area contributed by atoms with Crippen molar-refractivity contribution in [3.63, 3.8) is 0 Å². The van der Waals surface area contributed by atoms with E-state index in [2.05, 4.69) is 83.1 Å². The largest absolute Gasteiger partial charge is 0.369 e. The lowest BCUT2D eigenvalue weighted by molar-refractivity contribution is -0.0916. The van der Waals surface area contributed by atoms with Gasteiger partial charge in [-0.25, -0.2) is 19.4 Å². The van der Waals surface area contributed by atoms with Gasteiger partial charge in [-0.1, -0.05) is 194 Å². The van der Waals surface area contributed by atoms with Crippen LogP contribution in [-0.2, 0) is 24.1 Å². The Bertz CT molecular complexity index is 995. The molecule has 0 amide bonds. The van der Waals surface area contributed by atoms with Crippen LogP contribution in [0.3, 0.4) is 0 Å². The van der Waals surface area contributed by atoms with E-state index in [9.17, 15) is 0 Å². The molecule has 7 nitrogen and oxygen atoms in total. The summed E-state index contributed by atoms with van der Waals surface area (Å²) in [5, 5.41) is 3.32. The lowest BCUT2D eigenvalue weighted by Crippen LogP contribution is -2.25. The quantitative estimate of drug-likeness (QED) is 0.0493. The molecular weight excluding hydrogens is 697 g/mol. The van der Waals surface area contributed by atoms with Crippen LogP contribution in [0.15, 0.2) is 48.5 Å². The molecule has 0 atom stereocenters. The van der Waals surface area contributed by atoms with Gasteiger partial charge >= 0.3 is 0 Å². The van der Waals surface area contributed by atoms with Crippen molar-refractivity contribution in [3.8, 4) is 0 Å². The second kappa shape index (κ2) is 36.0. The summed E-state index contributed by atoms with van der Waals surface area (Å²) in [5.41, 5.74) is 4.04.